The van der Waals surface area contributed by atoms with Crippen molar-refractivity contribution in [3.05, 3.63) is 23.5 Å². The van der Waals surface area contributed by atoms with Gasteiger partial charge in [0, 0.05) is 24.2 Å². The van der Waals surface area contributed by atoms with Crippen molar-refractivity contribution in [1.29, 1.82) is 0 Å². The van der Waals surface area contributed by atoms with Gasteiger partial charge in [-0.2, -0.15) is 0 Å². The summed E-state index contributed by atoms with van der Waals surface area (Å²) in [6.45, 7) is 1.93. The van der Waals surface area contributed by atoms with Crippen LogP contribution in [0.15, 0.2) is 17.8 Å². The van der Waals surface area contributed by atoms with Crippen molar-refractivity contribution in [2.24, 2.45) is 5.92 Å². The second-order valence-corrected chi connectivity index (χ2v) is 5.51. The summed E-state index contributed by atoms with van der Waals surface area (Å²) in [7, 11) is 0. The molecule has 0 aliphatic heterocycles. The monoisotopic (exact) mass is 222 g/mol. The second-order valence-electron chi connectivity index (χ2n) is 4.63. The predicted octanol–water partition coefficient (Wildman–Crippen LogP) is 2.10. The summed E-state index contributed by atoms with van der Waals surface area (Å²) in [5.41, 5.74) is 0.433. The van der Waals surface area contributed by atoms with E-state index in [1.165, 1.54) is 0 Å². The molecule has 2 aromatic rings. The fraction of sp³-hybridized carbons (Fsp3) is 0.545. The third kappa shape index (κ3) is 1.68. The fourth-order valence-electron chi connectivity index (χ4n) is 2.08. The molecule has 1 aliphatic rings. The highest BCUT2D eigenvalue weighted by atomic mass is 32.1. The van der Waals surface area contributed by atoms with E-state index in [0.717, 1.165) is 23.5 Å². The maximum absolute atomic E-state index is 10.2. The Bertz CT molecular complexity index is 453. The number of aromatic nitrogens is 2. The average molecular weight is 222 g/mol. The average Bonchev–Trinajstić information content (AvgIpc) is 2.82. The number of aliphatic hydroxyl groups is 1. The first-order chi connectivity index (χ1) is 7.15. The van der Waals surface area contributed by atoms with Crippen LogP contribution in [0, 0.1) is 5.92 Å². The van der Waals surface area contributed by atoms with Gasteiger partial charge in [-0.1, -0.05) is 0 Å². The van der Waals surface area contributed by atoms with Crippen LogP contribution in [0.1, 0.15) is 25.5 Å². The maximum atomic E-state index is 10.2. The van der Waals surface area contributed by atoms with Crippen molar-refractivity contribution in [1.82, 2.24) is 9.38 Å². The Morgan fingerprint density at radius 2 is 2.47 bits per heavy atom. The normalized spacial score (nSPS) is 20.7. The standard InChI is InChI=1S/C11H14N2OS/c1-11(14,8-2-3-8)6-9-7-13-4-5-15-10(13)12-9/h4-5,7-8,14H,2-3,6H2,1H3. The quantitative estimate of drug-likeness (QED) is 0.863. The molecular formula is C11H14N2OS. The van der Waals surface area contributed by atoms with Gasteiger partial charge in [0.05, 0.1) is 11.3 Å². The van der Waals surface area contributed by atoms with Gasteiger partial charge in [0.1, 0.15) is 0 Å². The molecule has 0 spiro atoms. The Morgan fingerprint density at radius 3 is 3.13 bits per heavy atom. The van der Waals surface area contributed by atoms with Crippen molar-refractivity contribution < 1.29 is 5.11 Å². The number of hydrogen-bond donors (Lipinski definition) is 1. The fourth-order valence-corrected chi connectivity index (χ4v) is 2.80. The van der Waals surface area contributed by atoms with E-state index in [4.69, 9.17) is 0 Å². The van der Waals surface area contributed by atoms with Gasteiger partial charge < -0.3 is 5.11 Å². The maximum Gasteiger partial charge on any atom is 0.193 e. The number of hydrogen-bond acceptors (Lipinski definition) is 3. The minimum absolute atomic E-state index is 0.484. The zero-order valence-electron chi connectivity index (χ0n) is 8.68. The zero-order chi connectivity index (χ0) is 10.5. The summed E-state index contributed by atoms with van der Waals surface area (Å²) < 4.78 is 2.02. The number of thiazole rings is 1. The molecule has 1 aliphatic carbocycles. The van der Waals surface area contributed by atoms with E-state index in [9.17, 15) is 5.11 Å². The minimum atomic E-state index is -0.565. The summed E-state index contributed by atoms with van der Waals surface area (Å²) in [6, 6.07) is 0. The minimum Gasteiger partial charge on any atom is -0.389 e. The van der Waals surface area contributed by atoms with Crippen molar-refractivity contribution in [3.63, 3.8) is 0 Å². The summed E-state index contributed by atoms with van der Waals surface area (Å²) >= 11 is 1.63. The van der Waals surface area contributed by atoms with Crippen LogP contribution in [0.2, 0.25) is 0 Å². The lowest BCUT2D eigenvalue weighted by Gasteiger charge is -2.21. The van der Waals surface area contributed by atoms with Gasteiger partial charge in [0.25, 0.3) is 0 Å². The molecule has 1 saturated carbocycles. The molecule has 4 heteroatoms. The first-order valence-corrected chi connectivity index (χ1v) is 6.16. The molecule has 0 bridgehead atoms. The van der Waals surface area contributed by atoms with Gasteiger partial charge in [-0.05, 0) is 25.7 Å². The van der Waals surface area contributed by atoms with Crippen molar-refractivity contribution in [3.8, 4) is 0 Å². The van der Waals surface area contributed by atoms with Crippen LogP contribution >= 0.6 is 11.3 Å². The van der Waals surface area contributed by atoms with E-state index in [1.807, 2.05) is 29.1 Å². The predicted molar refractivity (Wildman–Crippen MR) is 60.1 cm³/mol. The molecule has 0 aromatic carbocycles. The summed E-state index contributed by atoms with van der Waals surface area (Å²) in [5.74, 6) is 0.484. The smallest absolute Gasteiger partial charge is 0.193 e. The van der Waals surface area contributed by atoms with Gasteiger partial charge in [-0.3, -0.25) is 4.40 Å². The zero-order valence-corrected chi connectivity index (χ0v) is 9.50. The molecule has 2 aromatic heterocycles. The van der Waals surface area contributed by atoms with Crippen molar-refractivity contribution in [2.75, 3.05) is 0 Å². The van der Waals surface area contributed by atoms with E-state index in [2.05, 4.69) is 4.98 Å². The number of nitrogens with zero attached hydrogens (tertiary/aromatic N) is 2. The highest BCUT2D eigenvalue weighted by Crippen LogP contribution is 2.41. The van der Waals surface area contributed by atoms with Crippen LogP contribution in [0.25, 0.3) is 4.96 Å². The summed E-state index contributed by atoms with van der Waals surface area (Å²) in [6.07, 6.45) is 7.02. The Balaban J connectivity index is 1.85. The van der Waals surface area contributed by atoms with Gasteiger partial charge in [0.2, 0.25) is 0 Å². The van der Waals surface area contributed by atoms with Gasteiger partial charge in [-0.15, -0.1) is 11.3 Å². The molecule has 2 heterocycles. The van der Waals surface area contributed by atoms with Crippen LogP contribution in [0.4, 0.5) is 0 Å². The van der Waals surface area contributed by atoms with Crippen molar-refractivity contribution in [2.45, 2.75) is 31.8 Å². The Labute approximate surface area is 92.4 Å². The molecule has 15 heavy (non-hydrogen) atoms. The molecule has 1 atom stereocenters. The lowest BCUT2D eigenvalue weighted by molar-refractivity contribution is 0.0364. The molecule has 1 fully saturated rings. The first kappa shape index (κ1) is 9.36. The molecule has 3 rings (SSSR count). The van der Waals surface area contributed by atoms with E-state index >= 15 is 0 Å². The van der Waals surface area contributed by atoms with Gasteiger partial charge in [-0.25, -0.2) is 4.98 Å². The molecular weight excluding hydrogens is 208 g/mol. The Kier molecular flexibility index (Phi) is 1.91. The number of rotatable bonds is 3. The Morgan fingerprint density at radius 1 is 1.67 bits per heavy atom. The topological polar surface area (TPSA) is 37.5 Å². The van der Waals surface area contributed by atoms with Gasteiger partial charge in [0.15, 0.2) is 4.96 Å². The van der Waals surface area contributed by atoms with Crippen LogP contribution < -0.4 is 0 Å². The van der Waals surface area contributed by atoms with Crippen LogP contribution in [-0.2, 0) is 6.42 Å². The largest absolute Gasteiger partial charge is 0.389 e. The van der Waals surface area contributed by atoms with Crippen LogP contribution in [-0.4, -0.2) is 20.1 Å². The lowest BCUT2D eigenvalue weighted by atomic mass is 9.95. The summed E-state index contributed by atoms with van der Waals surface area (Å²) in [4.78, 5) is 5.50. The van der Waals surface area contributed by atoms with Crippen LogP contribution in [0.5, 0.6) is 0 Å². The van der Waals surface area contributed by atoms with E-state index < -0.39 is 5.60 Å². The SMILES string of the molecule is CC(O)(Cc1cn2ccsc2n1)C1CC1. The second kappa shape index (κ2) is 3.06. The van der Waals surface area contributed by atoms with E-state index in [0.29, 0.717) is 12.3 Å². The third-order valence-corrected chi connectivity index (χ3v) is 3.91. The third-order valence-electron chi connectivity index (χ3n) is 3.14. The van der Waals surface area contributed by atoms with Crippen LogP contribution in [0.3, 0.4) is 0 Å². The molecule has 0 amide bonds. The molecule has 1 unspecified atom stereocenters. The highest BCUT2D eigenvalue weighted by Gasteiger charge is 2.40. The molecule has 80 valence electrons. The Hall–Kier alpha value is -0.870. The number of imidazole rings is 1. The molecule has 0 saturated heterocycles. The molecule has 3 nitrogen and oxygen atoms in total. The first-order valence-electron chi connectivity index (χ1n) is 5.28. The summed E-state index contributed by atoms with van der Waals surface area (Å²) in [5, 5.41) is 12.2. The highest BCUT2D eigenvalue weighted by molar-refractivity contribution is 7.15. The van der Waals surface area contributed by atoms with Crippen molar-refractivity contribution >= 4 is 16.3 Å². The molecule has 0 radical (unpaired) electrons. The number of fused-ring (bicyclic) bond motifs is 1. The lowest BCUT2D eigenvalue weighted by Crippen LogP contribution is -2.29. The van der Waals surface area contributed by atoms with E-state index in [-0.39, 0.29) is 0 Å². The molecule has 1 N–H and O–H groups in total. The van der Waals surface area contributed by atoms with E-state index in [1.54, 1.807) is 11.3 Å². The van der Waals surface area contributed by atoms with Gasteiger partial charge >= 0.3 is 0 Å².